The molecular weight excluding hydrogens is 494 g/mol. The van der Waals surface area contributed by atoms with Gasteiger partial charge < -0.3 is 14.2 Å². The molecule has 0 heterocycles. The van der Waals surface area contributed by atoms with E-state index in [4.69, 9.17) is 14.2 Å². The summed E-state index contributed by atoms with van der Waals surface area (Å²) in [5, 5.41) is 0.407. The maximum Gasteiger partial charge on any atom is 0.400 e. The fourth-order valence-corrected chi connectivity index (χ4v) is 5.32. The van der Waals surface area contributed by atoms with E-state index in [1.165, 1.54) is 6.08 Å². The van der Waals surface area contributed by atoms with Gasteiger partial charge in [-0.05, 0) is 62.5 Å². The molecule has 3 rings (SSSR count). The van der Waals surface area contributed by atoms with E-state index < -0.39 is 47.2 Å². The smallest absolute Gasteiger partial charge is 0.400 e. The Bertz CT molecular complexity index is 899. The SMILES string of the molecule is C=CCOc1ccc(C(F)(F)OC2CCC(C(F)(F)OC3=CCC(SCC)CC3)CC2)c(F)c1F. The first kappa shape index (κ1) is 27.8. The Hall–Kier alpha value is -1.81. The molecule has 0 radical (unpaired) electrons. The average Bonchev–Trinajstić information content (AvgIpc) is 2.81. The van der Waals surface area contributed by atoms with Crippen molar-refractivity contribution in [2.75, 3.05) is 12.4 Å². The van der Waals surface area contributed by atoms with Crippen molar-refractivity contribution >= 4 is 11.8 Å². The lowest BCUT2D eigenvalue weighted by Gasteiger charge is -2.35. The maximum absolute atomic E-state index is 14.7. The topological polar surface area (TPSA) is 27.7 Å². The first-order valence-electron chi connectivity index (χ1n) is 11.7. The number of hydrogen-bond acceptors (Lipinski definition) is 4. The third-order valence-electron chi connectivity index (χ3n) is 6.17. The van der Waals surface area contributed by atoms with Gasteiger partial charge in [0.2, 0.25) is 5.82 Å². The van der Waals surface area contributed by atoms with Crippen LogP contribution in [0.1, 0.15) is 57.4 Å². The zero-order valence-electron chi connectivity index (χ0n) is 19.5. The van der Waals surface area contributed by atoms with Crippen molar-refractivity contribution in [2.45, 2.75) is 75.4 Å². The molecule has 2 aliphatic rings. The highest BCUT2D eigenvalue weighted by atomic mass is 32.2. The minimum atomic E-state index is -4.14. The summed E-state index contributed by atoms with van der Waals surface area (Å²) in [5.74, 6) is -3.79. The van der Waals surface area contributed by atoms with Gasteiger partial charge >= 0.3 is 12.2 Å². The number of benzene rings is 1. The molecule has 1 saturated carbocycles. The van der Waals surface area contributed by atoms with Crippen molar-refractivity contribution in [3.63, 3.8) is 0 Å². The summed E-state index contributed by atoms with van der Waals surface area (Å²) in [4.78, 5) is 0. The molecule has 2 aliphatic carbocycles. The third-order valence-corrected chi connectivity index (χ3v) is 7.40. The molecule has 0 aromatic heterocycles. The van der Waals surface area contributed by atoms with Gasteiger partial charge in [0.25, 0.3) is 0 Å². The molecule has 1 unspecified atom stereocenters. The maximum atomic E-state index is 14.7. The highest BCUT2D eigenvalue weighted by Crippen LogP contribution is 2.44. The van der Waals surface area contributed by atoms with E-state index in [0.717, 1.165) is 18.2 Å². The summed E-state index contributed by atoms with van der Waals surface area (Å²) in [6, 6.07) is 1.57. The molecule has 0 bridgehead atoms. The van der Waals surface area contributed by atoms with Crippen molar-refractivity contribution in [3.8, 4) is 5.75 Å². The van der Waals surface area contributed by atoms with Gasteiger partial charge in [-0.25, -0.2) is 4.39 Å². The van der Waals surface area contributed by atoms with Crippen molar-refractivity contribution in [1.29, 1.82) is 0 Å². The molecule has 196 valence electrons. The van der Waals surface area contributed by atoms with Crippen LogP contribution < -0.4 is 4.74 Å². The second kappa shape index (κ2) is 12.0. The minimum Gasteiger partial charge on any atom is -0.486 e. The Balaban J connectivity index is 1.56. The van der Waals surface area contributed by atoms with Gasteiger partial charge in [-0.1, -0.05) is 19.6 Å². The predicted octanol–water partition coefficient (Wildman–Crippen LogP) is 7.95. The van der Waals surface area contributed by atoms with Gasteiger partial charge in [0, 0.05) is 11.7 Å². The molecule has 1 aromatic rings. The molecule has 0 amide bonds. The second-order valence-electron chi connectivity index (χ2n) is 8.63. The van der Waals surface area contributed by atoms with E-state index >= 15 is 0 Å². The van der Waals surface area contributed by atoms with Gasteiger partial charge in [0.1, 0.15) is 6.61 Å². The van der Waals surface area contributed by atoms with Gasteiger partial charge in [-0.3, -0.25) is 0 Å². The molecule has 0 aliphatic heterocycles. The van der Waals surface area contributed by atoms with Crippen LogP contribution in [0.3, 0.4) is 0 Å². The number of rotatable bonds is 11. The van der Waals surface area contributed by atoms with Crippen LogP contribution in [0.5, 0.6) is 5.75 Å². The molecule has 35 heavy (non-hydrogen) atoms. The first-order valence-corrected chi connectivity index (χ1v) is 12.8. The average molecular weight is 525 g/mol. The van der Waals surface area contributed by atoms with E-state index in [-0.39, 0.29) is 38.0 Å². The number of hydrogen-bond donors (Lipinski definition) is 0. The summed E-state index contributed by atoms with van der Waals surface area (Å²) in [6.07, 6.45) is -4.11. The van der Waals surface area contributed by atoms with Crippen LogP contribution in [0.25, 0.3) is 0 Å². The standard InChI is InChI=1S/C25H30F6O3S/c1-3-15-32-21-14-13-20(22(26)23(21)27)25(30,31)34-17-7-5-16(6-8-17)24(28,29)33-18-9-11-19(12-10-18)35-4-2/h3,9,13-14,16-17,19H,1,4-8,10-12,15H2,2H3. The van der Waals surface area contributed by atoms with E-state index in [1.807, 2.05) is 0 Å². The Morgan fingerprint density at radius 3 is 2.37 bits per heavy atom. The van der Waals surface area contributed by atoms with Crippen molar-refractivity contribution < 1.29 is 40.6 Å². The zero-order chi connectivity index (χ0) is 25.6. The number of halogens is 6. The lowest BCUT2D eigenvalue weighted by atomic mass is 9.86. The fraction of sp³-hybridized carbons (Fsp3) is 0.600. The van der Waals surface area contributed by atoms with Gasteiger partial charge in [0.05, 0.1) is 23.3 Å². The van der Waals surface area contributed by atoms with Gasteiger partial charge in [-0.2, -0.15) is 33.7 Å². The molecule has 3 nitrogen and oxygen atoms in total. The van der Waals surface area contributed by atoms with Crippen molar-refractivity contribution in [2.24, 2.45) is 5.92 Å². The molecular formula is C25H30F6O3S. The second-order valence-corrected chi connectivity index (χ2v) is 10.2. The zero-order valence-corrected chi connectivity index (χ0v) is 20.3. The van der Waals surface area contributed by atoms with Crippen LogP contribution in [0.15, 0.2) is 36.6 Å². The van der Waals surface area contributed by atoms with Crippen LogP contribution in [0.2, 0.25) is 0 Å². The first-order chi connectivity index (χ1) is 16.6. The Labute approximate surface area is 205 Å². The molecule has 0 N–H and O–H groups in total. The molecule has 0 saturated heterocycles. The van der Waals surface area contributed by atoms with Crippen LogP contribution in [0, 0.1) is 17.6 Å². The summed E-state index contributed by atoms with van der Waals surface area (Å²) in [6.45, 7) is 5.29. The normalized spacial score (nSPS) is 23.5. The summed E-state index contributed by atoms with van der Waals surface area (Å²) < 4.78 is 102. The predicted molar refractivity (Wildman–Crippen MR) is 123 cm³/mol. The molecule has 0 spiro atoms. The Morgan fingerprint density at radius 2 is 1.77 bits per heavy atom. The van der Waals surface area contributed by atoms with Crippen LogP contribution >= 0.6 is 11.8 Å². The molecule has 1 fully saturated rings. The Kier molecular flexibility index (Phi) is 9.48. The highest BCUT2D eigenvalue weighted by Gasteiger charge is 2.47. The van der Waals surface area contributed by atoms with E-state index in [0.29, 0.717) is 24.2 Å². The van der Waals surface area contributed by atoms with Crippen molar-refractivity contribution in [3.05, 3.63) is 53.8 Å². The quantitative estimate of drug-likeness (QED) is 0.217. The van der Waals surface area contributed by atoms with Gasteiger partial charge in [0.15, 0.2) is 11.6 Å². The number of ether oxygens (including phenoxy) is 3. The molecule has 10 heteroatoms. The summed E-state index contributed by atoms with van der Waals surface area (Å²) >= 11 is 1.79. The molecule has 1 aromatic carbocycles. The number of alkyl halides is 4. The van der Waals surface area contributed by atoms with Gasteiger partial charge in [-0.15, -0.1) is 0 Å². The largest absolute Gasteiger partial charge is 0.486 e. The fourth-order valence-electron chi connectivity index (χ4n) is 4.33. The summed E-state index contributed by atoms with van der Waals surface area (Å²) in [7, 11) is 0. The Morgan fingerprint density at radius 1 is 1.06 bits per heavy atom. The molecule has 1 atom stereocenters. The minimum absolute atomic E-state index is 0.0852. The lowest BCUT2D eigenvalue weighted by Crippen LogP contribution is -2.38. The number of allylic oxidation sites excluding steroid dienone is 2. The van der Waals surface area contributed by atoms with Crippen LogP contribution in [-0.4, -0.2) is 29.8 Å². The monoisotopic (exact) mass is 524 g/mol. The highest BCUT2D eigenvalue weighted by molar-refractivity contribution is 7.99. The van der Waals surface area contributed by atoms with Crippen LogP contribution in [-0.2, 0) is 15.6 Å². The van der Waals surface area contributed by atoms with Crippen LogP contribution in [0.4, 0.5) is 26.3 Å². The number of thioether (sulfide) groups is 1. The van der Waals surface area contributed by atoms with Crippen molar-refractivity contribution in [1.82, 2.24) is 0 Å². The lowest BCUT2D eigenvalue weighted by molar-refractivity contribution is -0.291. The van der Waals surface area contributed by atoms with E-state index in [2.05, 4.69) is 13.5 Å². The third kappa shape index (κ3) is 7.12. The van der Waals surface area contributed by atoms with E-state index in [9.17, 15) is 26.3 Å². The van der Waals surface area contributed by atoms with E-state index in [1.54, 1.807) is 17.8 Å². The summed E-state index contributed by atoms with van der Waals surface area (Å²) in [5.41, 5.74) is -1.28.